The maximum Gasteiger partial charge on any atom is 0.304 e. The van der Waals surface area contributed by atoms with Crippen molar-refractivity contribution in [3.63, 3.8) is 0 Å². The Kier molecular flexibility index (Phi) is 6.02. The zero-order chi connectivity index (χ0) is 12.8. The number of carboxylic acids is 1. The van der Waals surface area contributed by atoms with Crippen molar-refractivity contribution in [2.75, 3.05) is 12.3 Å². The van der Waals surface area contributed by atoms with Gasteiger partial charge in [0.2, 0.25) is 5.91 Å². The molecule has 0 spiro atoms. The number of hydrogen-bond acceptors (Lipinski definition) is 4. The summed E-state index contributed by atoms with van der Waals surface area (Å²) in [6.45, 7) is 3.56. The van der Waals surface area contributed by atoms with Gasteiger partial charge in [0.25, 0.3) is 0 Å². The molecule has 16 heavy (non-hydrogen) atoms. The van der Waals surface area contributed by atoms with Crippen molar-refractivity contribution in [3.05, 3.63) is 0 Å². The van der Waals surface area contributed by atoms with E-state index in [2.05, 4.69) is 5.32 Å². The summed E-state index contributed by atoms with van der Waals surface area (Å²) in [5.74, 6) is -2.43. The highest BCUT2D eigenvalue weighted by molar-refractivity contribution is 7.92. The predicted molar refractivity (Wildman–Crippen MR) is 58.8 cm³/mol. The Morgan fingerprint density at radius 1 is 1.38 bits per heavy atom. The van der Waals surface area contributed by atoms with E-state index in [0.717, 1.165) is 6.42 Å². The van der Waals surface area contributed by atoms with Gasteiger partial charge >= 0.3 is 5.97 Å². The van der Waals surface area contributed by atoms with Crippen LogP contribution >= 0.6 is 0 Å². The SMILES string of the molecule is CCCNC(=O)CS(=O)(=O)C(C)CC(=O)O. The fourth-order valence-corrected chi connectivity index (χ4v) is 2.16. The van der Waals surface area contributed by atoms with Gasteiger partial charge in [-0.15, -0.1) is 0 Å². The third kappa shape index (κ3) is 5.69. The van der Waals surface area contributed by atoms with Crippen molar-refractivity contribution in [1.82, 2.24) is 5.32 Å². The van der Waals surface area contributed by atoms with Crippen LogP contribution in [0.2, 0.25) is 0 Å². The van der Waals surface area contributed by atoms with Crippen LogP contribution in [0, 0.1) is 0 Å². The smallest absolute Gasteiger partial charge is 0.304 e. The molecule has 6 nitrogen and oxygen atoms in total. The normalized spacial score (nSPS) is 13.1. The van der Waals surface area contributed by atoms with Gasteiger partial charge < -0.3 is 10.4 Å². The summed E-state index contributed by atoms with van der Waals surface area (Å²) in [4.78, 5) is 21.5. The Morgan fingerprint density at radius 2 is 1.94 bits per heavy atom. The summed E-state index contributed by atoms with van der Waals surface area (Å²) < 4.78 is 23.0. The van der Waals surface area contributed by atoms with E-state index in [-0.39, 0.29) is 0 Å². The Hall–Kier alpha value is -1.11. The molecule has 0 aliphatic heterocycles. The lowest BCUT2D eigenvalue weighted by Crippen LogP contribution is -2.35. The number of carbonyl (C=O) groups is 2. The maximum atomic E-state index is 11.5. The van der Waals surface area contributed by atoms with Gasteiger partial charge in [-0.05, 0) is 13.3 Å². The number of hydrogen-bond donors (Lipinski definition) is 2. The molecule has 0 aromatic carbocycles. The summed E-state index contributed by atoms with van der Waals surface area (Å²) >= 11 is 0. The van der Waals surface area contributed by atoms with Crippen LogP contribution in [0.5, 0.6) is 0 Å². The number of carboxylic acid groups (broad SMARTS) is 1. The van der Waals surface area contributed by atoms with Crippen LogP contribution in [0.25, 0.3) is 0 Å². The highest BCUT2D eigenvalue weighted by Crippen LogP contribution is 2.06. The monoisotopic (exact) mass is 251 g/mol. The number of carbonyl (C=O) groups excluding carboxylic acids is 1. The Bertz CT molecular complexity index is 349. The molecule has 1 unspecified atom stereocenters. The van der Waals surface area contributed by atoms with E-state index in [4.69, 9.17) is 5.11 Å². The molecule has 1 amide bonds. The van der Waals surface area contributed by atoms with Gasteiger partial charge in [-0.2, -0.15) is 0 Å². The molecule has 0 heterocycles. The fraction of sp³-hybridized carbons (Fsp3) is 0.778. The van der Waals surface area contributed by atoms with Crippen LogP contribution in [0.1, 0.15) is 26.7 Å². The topological polar surface area (TPSA) is 101 Å². The lowest BCUT2D eigenvalue weighted by atomic mass is 10.3. The lowest BCUT2D eigenvalue weighted by molar-refractivity contribution is -0.137. The molecule has 0 aliphatic rings. The van der Waals surface area contributed by atoms with Crippen LogP contribution in [0.4, 0.5) is 0 Å². The van der Waals surface area contributed by atoms with Crippen molar-refractivity contribution >= 4 is 21.7 Å². The van der Waals surface area contributed by atoms with Gasteiger partial charge in [-0.25, -0.2) is 8.42 Å². The molecule has 0 radical (unpaired) electrons. The van der Waals surface area contributed by atoms with Gasteiger partial charge in [0.05, 0.1) is 11.7 Å². The van der Waals surface area contributed by atoms with E-state index in [1.807, 2.05) is 6.92 Å². The molecule has 0 bridgehead atoms. The van der Waals surface area contributed by atoms with E-state index < -0.39 is 39.1 Å². The summed E-state index contributed by atoms with van der Waals surface area (Å²) in [5.41, 5.74) is 0. The van der Waals surface area contributed by atoms with Gasteiger partial charge in [-0.3, -0.25) is 9.59 Å². The second-order valence-corrected chi connectivity index (χ2v) is 5.98. The minimum absolute atomic E-state index is 0.418. The average molecular weight is 251 g/mol. The number of amides is 1. The fourth-order valence-electron chi connectivity index (χ4n) is 1.01. The van der Waals surface area contributed by atoms with E-state index in [1.54, 1.807) is 0 Å². The molecule has 7 heteroatoms. The van der Waals surface area contributed by atoms with Crippen molar-refractivity contribution in [2.24, 2.45) is 0 Å². The number of aliphatic carboxylic acids is 1. The van der Waals surface area contributed by atoms with Crippen LogP contribution in [-0.2, 0) is 19.4 Å². The molecule has 0 aromatic rings. The summed E-state index contributed by atoms with van der Waals surface area (Å²) in [7, 11) is -3.68. The largest absolute Gasteiger partial charge is 0.481 e. The molecular formula is C9H17NO5S. The minimum Gasteiger partial charge on any atom is -0.481 e. The van der Waals surface area contributed by atoms with Gasteiger partial charge in [0.15, 0.2) is 9.84 Å². The third-order valence-corrected chi connectivity index (χ3v) is 4.04. The Morgan fingerprint density at radius 3 is 2.38 bits per heavy atom. The molecule has 0 saturated heterocycles. The molecule has 0 fully saturated rings. The number of sulfone groups is 1. The van der Waals surface area contributed by atoms with Crippen LogP contribution in [-0.4, -0.2) is 42.9 Å². The molecular weight excluding hydrogens is 234 g/mol. The Balaban J connectivity index is 4.34. The first-order chi connectivity index (χ1) is 7.29. The molecule has 0 rings (SSSR count). The first-order valence-electron chi connectivity index (χ1n) is 4.99. The summed E-state index contributed by atoms with van der Waals surface area (Å²) in [6, 6.07) is 0. The first-order valence-corrected chi connectivity index (χ1v) is 6.71. The zero-order valence-corrected chi connectivity index (χ0v) is 10.2. The van der Waals surface area contributed by atoms with Crippen LogP contribution in [0.3, 0.4) is 0 Å². The Labute approximate surface area is 95.0 Å². The quantitative estimate of drug-likeness (QED) is 0.652. The van der Waals surface area contributed by atoms with E-state index >= 15 is 0 Å². The second kappa shape index (κ2) is 6.47. The van der Waals surface area contributed by atoms with Crippen molar-refractivity contribution in [1.29, 1.82) is 0 Å². The third-order valence-electron chi connectivity index (χ3n) is 1.98. The van der Waals surface area contributed by atoms with E-state index in [0.29, 0.717) is 6.54 Å². The zero-order valence-electron chi connectivity index (χ0n) is 9.39. The van der Waals surface area contributed by atoms with Crippen LogP contribution < -0.4 is 5.32 Å². The summed E-state index contributed by atoms with van der Waals surface area (Å²) in [5, 5.41) is 9.84. The molecule has 94 valence electrons. The molecule has 0 saturated carbocycles. The van der Waals surface area contributed by atoms with Crippen LogP contribution in [0.15, 0.2) is 0 Å². The highest BCUT2D eigenvalue weighted by atomic mass is 32.2. The highest BCUT2D eigenvalue weighted by Gasteiger charge is 2.25. The molecule has 2 N–H and O–H groups in total. The van der Waals surface area contributed by atoms with Crippen molar-refractivity contribution < 1.29 is 23.1 Å². The standard InChI is InChI=1S/C9H17NO5S/c1-3-4-10-8(11)6-16(14,15)7(2)5-9(12)13/h7H,3-6H2,1-2H3,(H,10,11)(H,12,13). The molecule has 0 aliphatic carbocycles. The number of nitrogens with one attached hydrogen (secondary N) is 1. The van der Waals surface area contributed by atoms with Gasteiger partial charge in [0.1, 0.15) is 5.75 Å². The lowest BCUT2D eigenvalue weighted by Gasteiger charge is -2.10. The van der Waals surface area contributed by atoms with Gasteiger partial charge in [-0.1, -0.05) is 6.92 Å². The van der Waals surface area contributed by atoms with Crippen molar-refractivity contribution in [2.45, 2.75) is 31.9 Å². The second-order valence-electron chi connectivity index (χ2n) is 3.57. The van der Waals surface area contributed by atoms with E-state index in [1.165, 1.54) is 6.92 Å². The molecule has 0 aromatic heterocycles. The molecule has 1 atom stereocenters. The average Bonchev–Trinajstić information content (AvgIpc) is 2.12. The number of rotatable bonds is 7. The van der Waals surface area contributed by atoms with Gasteiger partial charge in [0, 0.05) is 6.54 Å². The predicted octanol–water partition coefficient (Wildman–Crippen LogP) is -0.209. The summed E-state index contributed by atoms with van der Waals surface area (Å²) in [6.07, 6.45) is 0.236. The first kappa shape index (κ1) is 14.9. The van der Waals surface area contributed by atoms with E-state index in [9.17, 15) is 18.0 Å². The van der Waals surface area contributed by atoms with Crippen molar-refractivity contribution in [3.8, 4) is 0 Å². The minimum atomic E-state index is -3.68. The maximum absolute atomic E-state index is 11.5.